The molecule has 3 aliphatic heterocycles. The monoisotopic (exact) mass is 863 g/mol. The van der Waals surface area contributed by atoms with Crippen molar-refractivity contribution in [1.82, 2.24) is 25.2 Å². The summed E-state index contributed by atoms with van der Waals surface area (Å²) in [6.45, 7) is 5.73. The molecule has 1 saturated heterocycles. The van der Waals surface area contributed by atoms with Crippen LogP contribution in [0.1, 0.15) is 79.6 Å². The third kappa shape index (κ3) is 8.29. The van der Waals surface area contributed by atoms with E-state index in [0.29, 0.717) is 61.7 Å². The third-order valence-electron chi connectivity index (χ3n) is 12.6. The molecule has 2 aliphatic carbocycles. The molecular formula is C41H52F3N5O10S. The van der Waals surface area contributed by atoms with Crippen LogP contribution in [0.2, 0.25) is 0 Å². The number of allylic oxidation sites excluding steroid dienone is 1. The predicted molar refractivity (Wildman–Crippen MR) is 211 cm³/mol. The molecule has 3 fully saturated rings. The Morgan fingerprint density at radius 2 is 1.80 bits per heavy atom. The second kappa shape index (κ2) is 15.9. The summed E-state index contributed by atoms with van der Waals surface area (Å²) in [5, 5.41) is 6.51. The molecule has 19 heteroatoms. The molecule has 4 heterocycles. The van der Waals surface area contributed by atoms with E-state index in [-0.39, 0.29) is 44.0 Å². The van der Waals surface area contributed by atoms with Crippen LogP contribution < -0.4 is 29.6 Å². The molecule has 7 rings (SSSR count). The number of carbonyl (C=O) groups is 4. The summed E-state index contributed by atoms with van der Waals surface area (Å²) in [6.07, 6.45) is 4.52. The SMILES string of the molecule is C[C@@H]1CCC=C[C@@H]2C[C@@]2(C(=O)NS(=O)(=O)C2(CF)CC2)NC(=O)[C@@H]2C[C@@H](Oc3nccc4c5c(ccc34)OCCO5)CN2C(=O)[C@@H](NC(=O)OC(C)(C)C(C)(F)F)[C@H](C)C1. The number of pyridine rings is 1. The molecule has 15 nitrogen and oxygen atoms in total. The number of benzene rings is 1. The van der Waals surface area contributed by atoms with Gasteiger partial charge in [-0.2, -0.15) is 0 Å². The van der Waals surface area contributed by atoms with E-state index in [2.05, 4.69) is 15.6 Å². The number of fused-ring (bicyclic) bond motifs is 5. The van der Waals surface area contributed by atoms with Crippen molar-refractivity contribution >= 4 is 44.6 Å². The van der Waals surface area contributed by atoms with Gasteiger partial charge in [-0.25, -0.2) is 31.4 Å². The molecule has 0 bridgehead atoms. The highest BCUT2D eigenvalue weighted by Crippen LogP contribution is 2.48. The molecular weight excluding hydrogens is 812 g/mol. The first-order chi connectivity index (χ1) is 28.2. The number of hydrogen-bond donors (Lipinski definition) is 3. The normalized spacial score (nSPS) is 29.2. The summed E-state index contributed by atoms with van der Waals surface area (Å²) >= 11 is 0. The highest BCUT2D eigenvalue weighted by molar-refractivity contribution is 7.91. The lowest BCUT2D eigenvalue weighted by Crippen LogP contribution is -2.60. The van der Waals surface area contributed by atoms with Crippen LogP contribution in [0.15, 0.2) is 36.5 Å². The Morgan fingerprint density at radius 1 is 1.07 bits per heavy atom. The van der Waals surface area contributed by atoms with Crippen LogP contribution in [-0.2, 0) is 29.1 Å². The molecule has 0 radical (unpaired) electrons. The summed E-state index contributed by atoms with van der Waals surface area (Å²) < 4.78 is 92.7. The van der Waals surface area contributed by atoms with E-state index in [9.17, 15) is 40.8 Å². The van der Waals surface area contributed by atoms with Crippen molar-refractivity contribution < 1.29 is 59.7 Å². The van der Waals surface area contributed by atoms with Gasteiger partial charge in [-0.3, -0.25) is 19.1 Å². The molecule has 2 saturated carbocycles. The molecule has 5 aliphatic rings. The predicted octanol–water partition coefficient (Wildman–Crippen LogP) is 4.72. The molecule has 1 aromatic carbocycles. The number of sulfonamides is 1. The second-order valence-electron chi connectivity index (χ2n) is 17.5. The minimum absolute atomic E-state index is 0.0186. The van der Waals surface area contributed by atoms with Gasteiger partial charge in [0.2, 0.25) is 27.7 Å². The fourth-order valence-corrected chi connectivity index (χ4v) is 9.64. The van der Waals surface area contributed by atoms with Crippen LogP contribution in [0.25, 0.3) is 10.8 Å². The van der Waals surface area contributed by atoms with Gasteiger partial charge in [0, 0.05) is 36.2 Å². The first kappa shape index (κ1) is 43.3. The molecule has 1 aromatic heterocycles. The average molecular weight is 864 g/mol. The lowest BCUT2D eigenvalue weighted by molar-refractivity contribution is -0.152. The van der Waals surface area contributed by atoms with Crippen molar-refractivity contribution in [3.63, 3.8) is 0 Å². The summed E-state index contributed by atoms with van der Waals surface area (Å²) in [5.41, 5.74) is -3.98. The smallest absolute Gasteiger partial charge is 0.408 e. The topological polar surface area (TPSA) is 192 Å². The van der Waals surface area contributed by atoms with Gasteiger partial charge in [-0.15, -0.1) is 0 Å². The Balaban J connectivity index is 1.23. The summed E-state index contributed by atoms with van der Waals surface area (Å²) in [6, 6.07) is 2.52. The van der Waals surface area contributed by atoms with E-state index in [1.165, 1.54) is 11.1 Å². The molecule has 3 N–H and O–H groups in total. The first-order valence-corrected chi connectivity index (χ1v) is 21.8. The van der Waals surface area contributed by atoms with Gasteiger partial charge in [0.25, 0.3) is 11.8 Å². The largest absolute Gasteiger partial charge is 0.486 e. The number of aromatic nitrogens is 1. The molecule has 0 spiro atoms. The van der Waals surface area contributed by atoms with E-state index >= 15 is 0 Å². The van der Waals surface area contributed by atoms with Crippen molar-refractivity contribution in [1.29, 1.82) is 0 Å². The first-order valence-electron chi connectivity index (χ1n) is 20.3. The van der Waals surface area contributed by atoms with Gasteiger partial charge in [0.15, 0.2) is 17.1 Å². The van der Waals surface area contributed by atoms with Gasteiger partial charge >= 0.3 is 6.09 Å². The van der Waals surface area contributed by atoms with Crippen LogP contribution in [0.3, 0.4) is 0 Å². The van der Waals surface area contributed by atoms with E-state index < -0.39 is 92.3 Å². The molecule has 328 valence electrons. The minimum atomic E-state index is -4.45. The average Bonchev–Trinajstić information content (AvgIpc) is 4.09. The minimum Gasteiger partial charge on any atom is -0.486 e. The summed E-state index contributed by atoms with van der Waals surface area (Å²) in [7, 11) is -4.45. The molecule has 7 atom stereocenters. The van der Waals surface area contributed by atoms with Crippen LogP contribution in [0.5, 0.6) is 17.4 Å². The number of alkyl carbamates (subject to hydrolysis) is 1. The number of rotatable bonds is 9. The van der Waals surface area contributed by atoms with E-state index in [1.54, 1.807) is 31.2 Å². The number of nitrogens with one attached hydrogen (secondary N) is 3. The summed E-state index contributed by atoms with van der Waals surface area (Å²) in [4.78, 5) is 62.4. The van der Waals surface area contributed by atoms with Gasteiger partial charge in [0.05, 0.1) is 6.54 Å². The Kier molecular flexibility index (Phi) is 11.5. The third-order valence-corrected chi connectivity index (χ3v) is 14.7. The van der Waals surface area contributed by atoms with Crippen LogP contribution in [0.4, 0.5) is 18.0 Å². The Hall–Kier alpha value is -4.81. The van der Waals surface area contributed by atoms with Crippen molar-refractivity contribution in [2.24, 2.45) is 17.8 Å². The number of hydrogen-bond acceptors (Lipinski definition) is 11. The number of amides is 4. The molecule has 60 heavy (non-hydrogen) atoms. The maximum atomic E-state index is 14.9. The molecule has 4 amide bonds. The fraction of sp³-hybridized carbons (Fsp3) is 0.634. The number of carbonyl (C=O) groups excluding carboxylic acids is 4. The zero-order valence-electron chi connectivity index (χ0n) is 34.2. The van der Waals surface area contributed by atoms with Crippen molar-refractivity contribution in [2.45, 2.75) is 120 Å². The van der Waals surface area contributed by atoms with Gasteiger partial charge in [-0.1, -0.05) is 26.0 Å². The number of ether oxygens (including phenoxy) is 4. The quantitative estimate of drug-likeness (QED) is 0.296. The lowest BCUT2D eigenvalue weighted by atomic mass is 9.88. The number of nitrogens with zero attached hydrogens (tertiary/aromatic N) is 2. The number of halogens is 3. The highest BCUT2D eigenvalue weighted by atomic mass is 32.2. The Labute approximate surface area is 346 Å². The van der Waals surface area contributed by atoms with Crippen LogP contribution in [-0.4, -0.2) is 109 Å². The lowest BCUT2D eigenvalue weighted by Gasteiger charge is -2.35. The zero-order valence-corrected chi connectivity index (χ0v) is 35.0. The van der Waals surface area contributed by atoms with Gasteiger partial charge in [-0.05, 0) is 82.4 Å². The second-order valence-corrected chi connectivity index (χ2v) is 19.6. The van der Waals surface area contributed by atoms with Gasteiger partial charge < -0.3 is 34.5 Å². The number of alkyl halides is 3. The van der Waals surface area contributed by atoms with Crippen molar-refractivity contribution in [3.05, 3.63) is 36.5 Å². The van der Waals surface area contributed by atoms with Gasteiger partial charge in [0.1, 0.15) is 48.4 Å². The van der Waals surface area contributed by atoms with E-state index in [1.807, 2.05) is 17.7 Å². The maximum absolute atomic E-state index is 14.9. The molecule has 2 aromatic rings. The van der Waals surface area contributed by atoms with E-state index in [0.717, 1.165) is 13.8 Å². The Bertz CT molecular complexity index is 2180. The fourth-order valence-electron chi connectivity index (χ4n) is 8.22. The summed E-state index contributed by atoms with van der Waals surface area (Å²) in [5.74, 6) is -6.00. The van der Waals surface area contributed by atoms with Crippen LogP contribution in [0, 0.1) is 17.8 Å². The Morgan fingerprint density at radius 3 is 2.50 bits per heavy atom. The van der Waals surface area contributed by atoms with Crippen LogP contribution >= 0.6 is 0 Å². The standard InChI is InChI=1S/C41H52F3N5O10S/c1-23-8-6-7-9-25-20-41(25,36(52)48-60(54,55)40(22-42)13-14-40)47-33(50)29-19-26(58-34-28-10-11-30-32(57-17-16-56-30)27(28)12-15-45-34)21-49(29)35(51)31(24(2)18-23)46-37(53)59-38(3,4)39(5,43)44/h7,9-12,15,23-26,29,31H,6,8,13-14,16-22H2,1-5H3,(H,46,53)(H,47,50)(H,48,52)/t23-,24-,25-,26-,29+,31+,41-/m1/s1. The van der Waals surface area contributed by atoms with Crippen molar-refractivity contribution in [3.8, 4) is 17.4 Å². The maximum Gasteiger partial charge on any atom is 0.408 e. The molecule has 0 unspecified atom stereocenters. The van der Waals surface area contributed by atoms with E-state index in [4.69, 9.17) is 18.9 Å². The van der Waals surface area contributed by atoms with Crippen molar-refractivity contribution in [2.75, 3.05) is 26.4 Å². The zero-order chi connectivity index (χ0) is 43.4. The highest BCUT2D eigenvalue weighted by Gasteiger charge is 2.64.